The average molecular weight is 231 g/mol. The van der Waals surface area contributed by atoms with E-state index in [2.05, 4.69) is 0 Å². The molecule has 2 aromatic rings. The number of hydrogen-bond acceptors (Lipinski definition) is 4. The first-order valence-corrected chi connectivity index (χ1v) is 5.47. The van der Waals surface area contributed by atoms with E-state index in [1.807, 2.05) is 6.92 Å². The lowest BCUT2D eigenvalue weighted by Gasteiger charge is -2.06. The van der Waals surface area contributed by atoms with Crippen molar-refractivity contribution < 1.29 is 9.52 Å². The molecule has 2 rings (SSSR count). The highest BCUT2D eigenvalue weighted by Crippen LogP contribution is 2.26. The first kappa shape index (κ1) is 11.4. The average Bonchev–Trinajstić information content (AvgIpc) is 2.29. The lowest BCUT2D eigenvalue weighted by atomic mass is 10.0. The molecular weight excluding hydrogens is 218 g/mol. The van der Waals surface area contributed by atoms with E-state index >= 15 is 0 Å². The highest BCUT2D eigenvalue weighted by Gasteiger charge is 2.16. The van der Waals surface area contributed by atoms with E-state index in [9.17, 15) is 9.90 Å². The summed E-state index contributed by atoms with van der Waals surface area (Å²) < 4.78 is 5.08. The van der Waals surface area contributed by atoms with Crippen LogP contribution in [0.1, 0.15) is 25.3 Å². The predicted molar refractivity (Wildman–Crippen MR) is 65.9 cm³/mol. The van der Waals surface area contributed by atoms with Gasteiger partial charge in [0.15, 0.2) is 0 Å². The molecule has 0 atom stereocenters. The Morgan fingerprint density at radius 1 is 1.41 bits per heavy atom. The number of hydrogen-bond donors (Lipinski definition) is 2. The fourth-order valence-corrected chi connectivity index (χ4v) is 1.77. The Balaban J connectivity index is 2.72. The number of rotatable bonds is 3. The van der Waals surface area contributed by atoms with Gasteiger partial charge in [-0.1, -0.05) is 25.5 Å². The van der Waals surface area contributed by atoms with Crippen LogP contribution in [0, 0.1) is 5.41 Å². The molecule has 88 valence electrons. The van der Waals surface area contributed by atoms with Crippen molar-refractivity contribution in [3.8, 4) is 5.75 Å². The Labute approximate surface area is 98.0 Å². The summed E-state index contributed by atoms with van der Waals surface area (Å²) in [7, 11) is 0. The molecule has 0 aliphatic heterocycles. The molecule has 0 aliphatic carbocycles. The summed E-state index contributed by atoms with van der Waals surface area (Å²) in [6.07, 6.45) is 1.18. The first-order chi connectivity index (χ1) is 8.15. The molecule has 0 saturated carbocycles. The second-order valence-electron chi connectivity index (χ2n) is 3.84. The van der Waals surface area contributed by atoms with Crippen molar-refractivity contribution in [2.24, 2.45) is 0 Å². The van der Waals surface area contributed by atoms with Crippen molar-refractivity contribution >= 4 is 16.7 Å². The van der Waals surface area contributed by atoms with E-state index in [0.717, 1.165) is 6.42 Å². The van der Waals surface area contributed by atoms with Crippen molar-refractivity contribution in [3.63, 3.8) is 0 Å². The third-order valence-corrected chi connectivity index (χ3v) is 2.59. The van der Waals surface area contributed by atoms with Crippen molar-refractivity contribution in [1.29, 1.82) is 5.41 Å². The highest BCUT2D eigenvalue weighted by molar-refractivity contribution is 6.04. The van der Waals surface area contributed by atoms with Crippen LogP contribution in [0.3, 0.4) is 0 Å². The molecule has 0 bridgehead atoms. The molecule has 0 unspecified atom stereocenters. The van der Waals surface area contributed by atoms with E-state index in [1.165, 1.54) is 0 Å². The van der Waals surface area contributed by atoms with Gasteiger partial charge in [-0.2, -0.15) is 0 Å². The van der Waals surface area contributed by atoms with Gasteiger partial charge < -0.3 is 14.9 Å². The quantitative estimate of drug-likeness (QED) is 0.630. The monoisotopic (exact) mass is 231 g/mol. The van der Waals surface area contributed by atoms with Gasteiger partial charge in [-0.3, -0.25) is 0 Å². The number of benzene rings is 1. The largest absolute Gasteiger partial charge is 0.506 e. The fourth-order valence-electron chi connectivity index (χ4n) is 1.77. The maximum atomic E-state index is 11.7. The minimum absolute atomic E-state index is 0.0226. The normalized spacial score (nSPS) is 10.6. The SMILES string of the molecule is CCCC(=N)c1c(O)c2ccccc2oc1=O. The molecule has 0 fully saturated rings. The van der Waals surface area contributed by atoms with Crippen LogP contribution < -0.4 is 5.63 Å². The number of para-hydroxylation sites is 1. The first-order valence-electron chi connectivity index (χ1n) is 5.47. The summed E-state index contributed by atoms with van der Waals surface area (Å²) in [5, 5.41) is 18.3. The lowest BCUT2D eigenvalue weighted by Crippen LogP contribution is -2.14. The molecule has 0 spiro atoms. The Morgan fingerprint density at radius 3 is 2.82 bits per heavy atom. The molecular formula is C13H13NO3. The molecule has 1 aromatic carbocycles. The second kappa shape index (κ2) is 4.41. The summed E-state index contributed by atoms with van der Waals surface area (Å²) in [6.45, 7) is 1.91. The summed E-state index contributed by atoms with van der Waals surface area (Å²) in [5.74, 6) is -0.157. The maximum absolute atomic E-state index is 11.7. The van der Waals surface area contributed by atoms with Gasteiger partial charge in [-0.15, -0.1) is 0 Å². The summed E-state index contributed by atoms with van der Waals surface area (Å²) >= 11 is 0. The van der Waals surface area contributed by atoms with Crippen LogP contribution in [0.5, 0.6) is 5.75 Å². The molecule has 0 saturated heterocycles. The van der Waals surface area contributed by atoms with Crippen molar-refractivity contribution in [3.05, 3.63) is 40.2 Å². The van der Waals surface area contributed by atoms with Gasteiger partial charge in [-0.25, -0.2) is 4.79 Å². The Morgan fingerprint density at radius 2 is 2.12 bits per heavy atom. The van der Waals surface area contributed by atoms with Crippen LogP contribution in [-0.2, 0) is 0 Å². The van der Waals surface area contributed by atoms with E-state index in [1.54, 1.807) is 24.3 Å². The molecule has 0 radical (unpaired) electrons. The van der Waals surface area contributed by atoms with Gasteiger partial charge in [0.1, 0.15) is 16.9 Å². The third kappa shape index (κ3) is 1.93. The molecule has 4 heteroatoms. The maximum Gasteiger partial charge on any atom is 0.349 e. The van der Waals surface area contributed by atoms with Crippen molar-refractivity contribution in [1.82, 2.24) is 0 Å². The minimum Gasteiger partial charge on any atom is -0.506 e. The Kier molecular flexibility index (Phi) is 2.95. The van der Waals surface area contributed by atoms with E-state index < -0.39 is 5.63 Å². The number of fused-ring (bicyclic) bond motifs is 1. The molecule has 4 nitrogen and oxygen atoms in total. The third-order valence-electron chi connectivity index (χ3n) is 2.59. The predicted octanol–water partition coefficient (Wildman–Crippen LogP) is 2.67. The van der Waals surface area contributed by atoms with Crippen LogP contribution in [-0.4, -0.2) is 10.8 Å². The van der Waals surface area contributed by atoms with Crippen LogP contribution in [0.2, 0.25) is 0 Å². The van der Waals surface area contributed by atoms with Crippen LogP contribution in [0.4, 0.5) is 0 Å². The van der Waals surface area contributed by atoms with Crippen molar-refractivity contribution in [2.75, 3.05) is 0 Å². The zero-order valence-electron chi connectivity index (χ0n) is 9.49. The Bertz CT molecular complexity index is 628. The molecule has 0 aliphatic rings. The van der Waals surface area contributed by atoms with E-state index in [4.69, 9.17) is 9.83 Å². The van der Waals surface area contributed by atoms with Crippen LogP contribution in [0.25, 0.3) is 11.0 Å². The summed E-state index contributed by atoms with van der Waals surface area (Å²) in [5.41, 5.74) is -0.224. The van der Waals surface area contributed by atoms with Crippen LogP contribution >= 0.6 is 0 Å². The van der Waals surface area contributed by atoms with Gasteiger partial charge in [0, 0.05) is 5.71 Å². The topological polar surface area (TPSA) is 74.3 Å². The highest BCUT2D eigenvalue weighted by atomic mass is 16.4. The second-order valence-corrected chi connectivity index (χ2v) is 3.84. The van der Waals surface area contributed by atoms with Gasteiger partial charge in [0.25, 0.3) is 0 Å². The zero-order chi connectivity index (χ0) is 12.4. The minimum atomic E-state index is -0.653. The smallest absolute Gasteiger partial charge is 0.349 e. The number of aromatic hydroxyl groups is 1. The summed E-state index contributed by atoms with van der Waals surface area (Å²) in [6, 6.07) is 6.75. The van der Waals surface area contributed by atoms with Gasteiger partial charge in [0.05, 0.1) is 5.39 Å². The molecule has 2 N–H and O–H groups in total. The number of nitrogens with one attached hydrogen (secondary N) is 1. The van der Waals surface area contributed by atoms with Crippen molar-refractivity contribution in [2.45, 2.75) is 19.8 Å². The van der Waals surface area contributed by atoms with E-state index in [-0.39, 0.29) is 17.0 Å². The molecule has 1 aromatic heterocycles. The fraction of sp³-hybridized carbons (Fsp3) is 0.231. The molecule has 17 heavy (non-hydrogen) atoms. The van der Waals surface area contributed by atoms with Gasteiger partial charge in [0.2, 0.25) is 0 Å². The van der Waals surface area contributed by atoms with E-state index in [0.29, 0.717) is 17.4 Å². The molecule has 0 amide bonds. The lowest BCUT2D eigenvalue weighted by molar-refractivity contribution is 0.465. The standard InChI is InChI=1S/C13H13NO3/c1-2-5-9(14)11-12(15)8-6-3-4-7-10(8)17-13(11)16/h3-4,6-7,14-15H,2,5H2,1H3. The Hall–Kier alpha value is -2.10. The zero-order valence-corrected chi connectivity index (χ0v) is 9.49. The van der Waals surface area contributed by atoms with Crippen LogP contribution in [0.15, 0.2) is 33.5 Å². The molecule has 1 heterocycles. The van der Waals surface area contributed by atoms with Gasteiger partial charge >= 0.3 is 5.63 Å². The summed E-state index contributed by atoms with van der Waals surface area (Å²) in [4.78, 5) is 11.7. The van der Waals surface area contributed by atoms with Gasteiger partial charge in [-0.05, 0) is 18.6 Å².